The lowest BCUT2D eigenvalue weighted by atomic mass is 9.73. The monoisotopic (exact) mass is 301 g/mol. The fraction of sp³-hybridized carbons (Fsp3) is 0.571. The van der Waals surface area contributed by atoms with Crippen LogP contribution in [0, 0.1) is 11.8 Å². The average molecular weight is 302 g/mol. The normalized spacial score (nSPS) is 23.2. The Bertz CT molecular complexity index is 563. The molecule has 0 spiro atoms. The Morgan fingerprint density at radius 2 is 1.95 bits per heavy atom. The Hall–Kier alpha value is -0.740. The minimum absolute atomic E-state index is 0.305. The summed E-state index contributed by atoms with van der Waals surface area (Å²) in [6.07, 6.45) is 3.45. The maximum atomic E-state index is 11.5. The third kappa shape index (κ3) is 3.42. The van der Waals surface area contributed by atoms with Gasteiger partial charge in [-0.2, -0.15) is 0 Å². The summed E-state index contributed by atoms with van der Waals surface area (Å²) in [6, 6.07) is 5.21. The van der Waals surface area contributed by atoms with Crippen LogP contribution in [0.25, 0.3) is 0 Å². The van der Waals surface area contributed by atoms with Gasteiger partial charge in [-0.05, 0) is 42.9 Å². The first kappa shape index (κ1) is 14.7. The van der Waals surface area contributed by atoms with Gasteiger partial charge in [0.25, 0.3) is 0 Å². The third-order valence-corrected chi connectivity index (χ3v) is 5.28. The van der Waals surface area contributed by atoms with Crippen molar-refractivity contribution in [2.45, 2.75) is 37.6 Å². The number of sulfone groups is 1. The van der Waals surface area contributed by atoms with Crippen LogP contribution < -0.4 is 5.32 Å². The second-order valence-electron chi connectivity index (χ2n) is 5.73. The van der Waals surface area contributed by atoms with Crippen molar-refractivity contribution in [3.8, 4) is 0 Å². The van der Waals surface area contributed by atoms with E-state index in [4.69, 9.17) is 11.6 Å². The molecule has 0 aliphatic heterocycles. The van der Waals surface area contributed by atoms with Gasteiger partial charge in [-0.3, -0.25) is 0 Å². The van der Waals surface area contributed by atoms with Crippen molar-refractivity contribution in [2.24, 2.45) is 11.8 Å². The van der Waals surface area contributed by atoms with Crippen LogP contribution in [-0.4, -0.2) is 20.7 Å². The Kier molecular flexibility index (Phi) is 4.11. The van der Waals surface area contributed by atoms with Crippen molar-refractivity contribution in [3.05, 3.63) is 23.2 Å². The van der Waals surface area contributed by atoms with Crippen molar-refractivity contribution in [3.63, 3.8) is 0 Å². The summed E-state index contributed by atoms with van der Waals surface area (Å²) in [6.45, 7) is 4.47. The second-order valence-corrected chi connectivity index (χ2v) is 8.15. The molecule has 0 radical (unpaired) electrons. The Morgan fingerprint density at radius 1 is 1.32 bits per heavy atom. The minimum atomic E-state index is -3.19. The molecule has 0 saturated heterocycles. The van der Waals surface area contributed by atoms with Crippen molar-refractivity contribution in [1.29, 1.82) is 0 Å². The molecule has 0 atom stereocenters. The quantitative estimate of drug-likeness (QED) is 0.924. The molecular weight excluding hydrogens is 282 g/mol. The molecule has 19 heavy (non-hydrogen) atoms. The van der Waals surface area contributed by atoms with E-state index in [0.717, 1.165) is 24.4 Å². The van der Waals surface area contributed by atoms with E-state index >= 15 is 0 Å². The predicted octanol–water partition coefficient (Wildman–Crippen LogP) is 3.59. The highest BCUT2D eigenvalue weighted by Crippen LogP contribution is 2.37. The van der Waals surface area contributed by atoms with Crippen LogP contribution in [-0.2, 0) is 9.84 Å². The summed E-state index contributed by atoms with van der Waals surface area (Å²) in [5, 5.41) is 3.92. The molecule has 2 rings (SSSR count). The number of hydrogen-bond donors (Lipinski definition) is 1. The van der Waals surface area contributed by atoms with Crippen LogP contribution in [0.15, 0.2) is 23.1 Å². The summed E-state index contributed by atoms with van der Waals surface area (Å²) < 4.78 is 23.1. The average Bonchev–Trinajstić information content (AvgIpc) is 2.22. The lowest BCUT2D eigenvalue weighted by Crippen LogP contribution is -2.38. The van der Waals surface area contributed by atoms with Gasteiger partial charge in [-0.15, -0.1) is 0 Å². The molecule has 1 aliphatic carbocycles. The first-order chi connectivity index (χ1) is 8.77. The lowest BCUT2D eigenvalue weighted by molar-refractivity contribution is 0.212. The van der Waals surface area contributed by atoms with Crippen LogP contribution in [0.5, 0.6) is 0 Å². The summed E-state index contributed by atoms with van der Waals surface area (Å²) in [5.41, 5.74) is 0.719. The summed E-state index contributed by atoms with van der Waals surface area (Å²) >= 11 is 6.11. The van der Waals surface area contributed by atoms with Gasteiger partial charge in [0.05, 0.1) is 15.6 Å². The SMILES string of the molecule is CC(C)C1CC(Nc2cc(S(C)(=O)=O)ccc2Cl)C1. The molecule has 1 saturated carbocycles. The Balaban J connectivity index is 2.09. The smallest absolute Gasteiger partial charge is 0.175 e. The van der Waals surface area contributed by atoms with E-state index in [1.165, 1.54) is 6.26 Å². The largest absolute Gasteiger partial charge is 0.381 e. The van der Waals surface area contributed by atoms with Crippen LogP contribution in [0.1, 0.15) is 26.7 Å². The zero-order valence-corrected chi connectivity index (χ0v) is 13.1. The summed E-state index contributed by atoms with van der Waals surface area (Å²) in [7, 11) is -3.19. The van der Waals surface area contributed by atoms with Gasteiger partial charge < -0.3 is 5.32 Å². The predicted molar refractivity (Wildman–Crippen MR) is 79.5 cm³/mol. The second kappa shape index (κ2) is 5.33. The van der Waals surface area contributed by atoms with E-state index in [9.17, 15) is 8.42 Å². The molecular formula is C14H20ClNO2S. The number of anilines is 1. The first-order valence-corrected chi connectivity index (χ1v) is 8.80. The molecule has 1 aliphatic rings. The van der Waals surface area contributed by atoms with Crippen molar-refractivity contribution < 1.29 is 8.42 Å². The van der Waals surface area contributed by atoms with E-state index < -0.39 is 9.84 Å². The number of hydrogen-bond acceptors (Lipinski definition) is 3. The van der Waals surface area contributed by atoms with Gasteiger partial charge in [0.2, 0.25) is 0 Å². The highest BCUT2D eigenvalue weighted by molar-refractivity contribution is 7.90. The fourth-order valence-corrected chi connectivity index (χ4v) is 3.21. The number of nitrogens with one attached hydrogen (secondary N) is 1. The molecule has 1 N–H and O–H groups in total. The fourth-order valence-electron chi connectivity index (χ4n) is 2.39. The number of rotatable bonds is 4. The molecule has 0 unspecified atom stereocenters. The van der Waals surface area contributed by atoms with Crippen molar-refractivity contribution >= 4 is 27.1 Å². The van der Waals surface area contributed by atoms with Gasteiger partial charge in [-0.1, -0.05) is 25.4 Å². The molecule has 1 fully saturated rings. The van der Waals surface area contributed by atoms with Crippen LogP contribution in [0.4, 0.5) is 5.69 Å². The highest BCUT2D eigenvalue weighted by atomic mass is 35.5. The molecule has 106 valence electrons. The van der Waals surface area contributed by atoms with E-state index in [1.54, 1.807) is 18.2 Å². The first-order valence-electron chi connectivity index (χ1n) is 6.53. The molecule has 0 aromatic heterocycles. The molecule has 1 aromatic carbocycles. The Labute approximate surface area is 120 Å². The summed E-state index contributed by atoms with van der Waals surface area (Å²) in [4.78, 5) is 0.305. The van der Waals surface area contributed by atoms with Gasteiger partial charge in [0, 0.05) is 12.3 Å². The lowest BCUT2D eigenvalue weighted by Gasteiger charge is -2.39. The third-order valence-electron chi connectivity index (χ3n) is 3.84. The standard InChI is InChI=1S/C14H20ClNO2S/c1-9(2)10-6-11(7-10)16-14-8-12(19(3,17)18)4-5-13(14)15/h4-5,8-11,16H,6-7H2,1-3H3. The molecule has 0 amide bonds. The van der Waals surface area contributed by atoms with Crippen LogP contribution >= 0.6 is 11.6 Å². The molecule has 0 heterocycles. The number of halogens is 1. The number of benzene rings is 1. The van der Waals surface area contributed by atoms with Gasteiger partial charge in [0.15, 0.2) is 9.84 Å². The Morgan fingerprint density at radius 3 is 2.47 bits per heavy atom. The van der Waals surface area contributed by atoms with Gasteiger partial charge in [-0.25, -0.2) is 8.42 Å². The van der Waals surface area contributed by atoms with E-state index in [2.05, 4.69) is 19.2 Å². The molecule has 1 aromatic rings. The van der Waals surface area contributed by atoms with E-state index in [-0.39, 0.29) is 0 Å². The van der Waals surface area contributed by atoms with Crippen molar-refractivity contribution in [1.82, 2.24) is 0 Å². The van der Waals surface area contributed by atoms with E-state index in [1.807, 2.05) is 0 Å². The molecule has 5 heteroatoms. The zero-order valence-electron chi connectivity index (χ0n) is 11.5. The van der Waals surface area contributed by atoms with Gasteiger partial charge >= 0.3 is 0 Å². The van der Waals surface area contributed by atoms with Crippen molar-refractivity contribution in [2.75, 3.05) is 11.6 Å². The topological polar surface area (TPSA) is 46.2 Å². The van der Waals surface area contributed by atoms with Gasteiger partial charge in [0.1, 0.15) is 0 Å². The maximum Gasteiger partial charge on any atom is 0.175 e. The van der Waals surface area contributed by atoms with Crippen LogP contribution in [0.2, 0.25) is 5.02 Å². The zero-order chi connectivity index (χ0) is 14.2. The minimum Gasteiger partial charge on any atom is -0.381 e. The van der Waals surface area contributed by atoms with E-state index in [0.29, 0.717) is 21.9 Å². The maximum absolute atomic E-state index is 11.5. The molecule has 3 nitrogen and oxygen atoms in total. The highest BCUT2D eigenvalue weighted by Gasteiger charge is 2.31. The van der Waals surface area contributed by atoms with Crippen LogP contribution in [0.3, 0.4) is 0 Å². The molecule has 0 bridgehead atoms. The summed E-state index contributed by atoms with van der Waals surface area (Å²) in [5.74, 6) is 1.46.